The monoisotopic (exact) mass is 452 g/mol. The number of fused-ring (bicyclic) bond motifs is 3. The number of carbonyl (C=O) groups excluding carboxylic acids is 1. The SMILES string of the molecule is O=C1CN=CC(n2cnc(C3CC3)c2)=C2c3cccc(-c4cc(C(F)(F)F)[nH]n4)c3CCN12. The summed E-state index contributed by atoms with van der Waals surface area (Å²) in [7, 11) is 0. The molecule has 1 fully saturated rings. The van der Waals surface area contributed by atoms with Crippen LogP contribution in [0.15, 0.2) is 41.8 Å². The molecule has 0 unspecified atom stereocenters. The highest BCUT2D eigenvalue weighted by Crippen LogP contribution is 2.41. The van der Waals surface area contributed by atoms with Gasteiger partial charge in [0, 0.05) is 36.0 Å². The first-order valence-corrected chi connectivity index (χ1v) is 10.7. The molecule has 168 valence electrons. The predicted molar refractivity (Wildman–Crippen MR) is 115 cm³/mol. The Morgan fingerprint density at radius 1 is 1.15 bits per heavy atom. The van der Waals surface area contributed by atoms with Crippen LogP contribution in [0.2, 0.25) is 0 Å². The molecule has 7 nitrogen and oxygen atoms in total. The molecule has 1 aliphatic carbocycles. The molecule has 0 saturated heterocycles. The molecule has 1 N–H and O–H groups in total. The standard InChI is InChI=1S/C23H19F3N6O/c24-23(25,26)20-8-17(29-30-20)15-2-1-3-16-14(15)6-7-32-21(33)10-27-9-19(22(16)32)31-11-18(28-12-31)13-4-5-13/h1-3,8-9,11-13H,4-7,10H2,(H,29,30). The van der Waals surface area contributed by atoms with Crippen molar-refractivity contribution < 1.29 is 18.0 Å². The molecular formula is C23H19F3N6O. The van der Waals surface area contributed by atoms with Crippen LogP contribution in [0.1, 0.15) is 41.3 Å². The smallest absolute Gasteiger partial charge is 0.308 e. The van der Waals surface area contributed by atoms with Gasteiger partial charge < -0.3 is 9.47 Å². The van der Waals surface area contributed by atoms with E-state index in [0.29, 0.717) is 30.1 Å². The minimum Gasteiger partial charge on any atom is -0.308 e. The Morgan fingerprint density at radius 3 is 2.73 bits per heavy atom. The molecular weight excluding hydrogens is 433 g/mol. The third-order valence-corrected chi connectivity index (χ3v) is 6.31. The molecule has 3 aliphatic rings. The third kappa shape index (κ3) is 3.37. The van der Waals surface area contributed by atoms with Gasteiger partial charge in [-0.1, -0.05) is 18.2 Å². The zero-order valence-corrected chi connectivity index (χ0v) is 17.4. The summed E-state index contributed by atoms with van der Waals surface area (Å²) in [5.74, 6) is 0.360. The van der Waals surface area contributed by atoms with E-state index >= 15 is 0 Å². The first kappa shape index (κ1) is 20.0. The number of aromatic nitrogens is 4. The number of imidazole rings is 1. The topological polar surface area (TPSA) is 79.2 Å². The van der Waals surface area contributed by atoms with Crippen LogP contribution in [0, 0.1) is 0 Å². The molecule has 33 heavy (non-hydrogen) atoms. The number of nitrogens with zero attached hydrogens (tertiary/aromatic N) is 5. The van der Waals surface area contributed by atoms with E-state index in [1.807, 2.05) is 16.8 Å². The van der Waals surface area contributed by atoms with Crippen molar-refractivity contribution in [1.82, 2.24) is 24.6 Å². The molecule has 1 saturated carbocycles. The molecule has 1 aromatic carbocycles. The third-order valence-electron chi connectivity index (χ3n) is 6.31. The van der Waals surface area contributed by atoms with Crippen LogP contribution in [0.3, 0.4) is 0 Å². The second-order valence-corrected chi connectivity index (χ2v) is 8.48. The van der Waals surface area contributed by atoms with E-state index in [0.717, 1.165) is 41.4 Å². The fraction of sp³-hybridized carbons (Fsp3) is 0.304. The summed E-state index contributed by atoms with van der Waals surface area (Å²) in [6.45, 7) is 0.451. The summed E-state index contributed by atoms with van der Waals surface area (Å²) in [6.07, 6.45) is 3.63. The number of H-pyrrole nitrogens is 1. The molecule has 3 aromatic rings. The number of aliphatic imine (C=N–C) groups is 1. The lowest BCUT2D eigenvalue weighted by Gasteiger charge is -2.33. The van der Waals surface area contributed by atoms with E-state index < -0.39 is 11.9 Å². The van der Waals surface area contributed by atoms with Crippen LogP contribution < -0.4 is 0 Å². The molecule has 0 spiro atoms. The summed E-state index contributed by atoms with van der Waals surface area (Å²) in [6, 6.07) is 6.46. The van der Waals surface area contributed by atoms with Crippen molar-refractivity contribution in [2.24, 2.45) is 4.99 Å². The lowest BCUT2D eigenvalue weighted by molar-refractivity contribution is -0.141. The Hall–Kier alpha value is -3.69. The quantitative estimate of drug-likeness (QED) is 0.653. The summed E-state index contributed by atoms with van der Waals surface area (Å²) in [4.78, 5) is 23.4. The predicted octanol–water partition coefficient (Wildman–Crippen LogP) is 3.96. The van der Waals surface area contributed by atoms with Gasteiger partial charge in [-0.05, 0) is 30.9 Å². The molecule has 2 aromatic heterocycles. The molecule has 0 bridgehead atoms. The number of nitrogens with one attached hydrogen (secondary N) is 1. The van der Waals surface area contributed by atoms with Gasteiger partial charge >= 0.3 is 6.18 Å². The van der Waals surface area contributed by atoms with E-state index in [1.54, 1.807) is 29.6 Å². The molecule has 10 heteroatoms. The van der Waals surface area contributed by atoms with Gasteiger partial charge in [-0.2, -0.15) is 18.3 Å². The number of allylic oxidation sites excluding steroid dienone is 1. The lowest BCUT2D eigenvalue weighted by atomic mass is 9.89. The number of benzene rings is 1. The molecule has 2 aliphatic heterocycles. The van der Waals surface area contributed by atoms with Crippen LogP contribution in [-0.4, -0.2) is 49.9 Å². The number of halogens is 3. The van der Waals surface area contributed by atoms with Crippen molar-refractivity contribution in [3.8, 4) is 11.3 Å². The van der Waals surface area contributed by atoms with Gasteiger partial charge in [0.15, 0.2) is 0 Å². The highest BCUT2D eigenvalue weighted by Gasteiger charge is 2.35. The van der Waals surface area contributed by atoms with E-state index in [-0.39, 0.29) is 18.1 Å². The van der Waals surface area contributed by atoms with Gasteiger partial charge in [-0.25, -0.2) is 4.98 Å². The lowest BCUT2D eigenvalue weighted by Crippen LogP contribution is -2.36. The van der Waals surface area contributed by atoms with Crippen molar-refractivity contribution >= 4 is 23.5 Å². The van der Waals surface area contributed by atoms with Gasteiger partial charge in [0.1, 0.15) is 12.2 Å². The fourth-order valence-corrected chi connectivity index (χ4v) is 4.53. The van der Waals surface area contributed by atoms with Crippen LogP contribution in [0.4, 0.5) is 13.2 Å². The minimum absolute atomic E-state index is 0.0422. The first-order chi connectivity index (χ1) is 15.9. The van der Waals surface area contributed by atoms with Gasteiger partial charge in [-0.15, -0.1) is 0 Å². The molecule has 0 radical (unpaired) electrons. The fourth-order valence-electron chi connectivity index (χ4n) is 4.53. The second kappa shape index (κ2) is 7.16. The number of aromatic amines is 1. The molecule has 4 heterocycles. The van der Waals surface area contributed by atoms with Crippen LogP contribution in [0.25, 0.3) is 22.7 Å². The minimum atomic E-state index is -4.50. The zero-order chi connectivity index (χ0) is 22.7. The number of amides is 1. The highest BCUT2D eigenvalue weighted by atomic mass is 19.4. The summed E-state index contributed by atoms with van der Waals surface area (Å²) >= 11 is 0. The molecule has 0 atom stereocenters. The second-order valence-electron chi connectivity index (χ2n) is 8.48. The van der Waals surface area contributed by atoms with E-state index in [2.05, 4.69) is 20.2 Å². The van der Waals surface area contributed by atoms with Gasteiger partial charge in [0.2, 0.25) is 5.91 Å². The summed E-state index contributed by atoms with van der Waals surface area (Å²) in [5.41, 5.74) is 4.01. The average Bonchev–Trinajstić information content (AvgIpc) is 3.35. The van der Waals surface area contributed by atoms with Crippen molar-refractivity contribution in [2.45, 2.75) is 31.4 Å². The number of hydrogen-bond acceptors (Lipinski definition) is 4. The Bertz CT molecular complexity index is 1330. The largest absolute Gasteiger partial charge is 0.432 e. The number of alkyl halides is 3. The van der Waals surface area contributed by atoms with Gasteiger partial charge in [0.25, 0.3) is 0 Å². The zero-order valence-electron chi connectivity index (χ0n) is 17.4. The molecule has 1 amide bonds. The van der Waals surface area contributed by atoms with Gasteiger partial charge in [-0.3, -0.25) is 14.9 Å². The normalized spacial score (nSPS) is 18.4. The maximum Gasteiger partial charge on any atom is 0.432 e. The Morgan fingerprint density at radius 2 is 1.97 bits per heavy atom. The van der Waals surface area contributed by atoms with E-state index in [1.165, 1.54) is 0 Å². The number of carbonyl (C=O) groups is 1. The summed E-state index contributed by atoms with van der Waals surface area (Å²) < 4.78 is 41.2. The van der Waals surface area contributed by atoms with Crippen molar-refractivity contribution in [3.63, 3.8) is 0 Å². The van der Waals surface area contributed by atoms with E-state index in [9.17, 15) is 18.0 Å². The van der Waals surface area contributed by atoms with Crippen molar-refractivity contribution in [3.05, 3.63) is 59.3 Å². The highest BCUT2D eigenvalue weighted by molar-refractivity contribution is 6.17. The Kier molecular flexibility index (Phi) is 4.33. The first-order valence-electron chi connectivity index (χ1n) is 10.7. The van der Waals surface area contributed by atoms with Gasteiger partial charge in [0.05, 0.1) is 29.1 Å². The number of rotatable bonds is 3. The van der Waals surface area contributed by atoms with Crippen LogP contribution in [-0.2, 0) is 17.4 Å². The maximum atomic E-state index is 13.1. The Labute approximate surface area is 186 Å². The summed E-state index contributed by atoms with van der Waals surface area (Å²) in [5, 5.41) is 6.02. The average molecular weight is 452 g/mol. The van der Waals surface area contributed by atoms with E-state index in [4.69, 9.17) is 0 Å². The van der Waals surface area contributed by atoms with Crippen LogP contribution >= 0.6 is 0 Å². The Balaban J connectivity index is 1.52. The number of hydrogen-bond donors (Lipinski definition) is 1. The van der Waals surface area contributed by atoms with Crippen molar-refractivity contribution in [1.29, 1.82) is 0 Å². The van der Waals surface area contributed by atoms with Crippen molar-refractivity contribution in [2.75, 3.05) is 13.1 Å². The molecule has 6 rings (SSSR count). The maximum absolute atomic E-state index is 13.1. The van der Waals surface area contributed by atoms with Crippen LogP contribution in [0.5, 0.6) is 0 Å².